The van der Waals surface area contributed by atoms with Crippen molar-refractivity contribution in [2.45, 2.75) is 72.5 Å². The zero-order valence-corrected chi connectivity index (χ0v) is 14.3. The second kappa shape index (κ2) is 7.14. The molecule has 4 heteroatoms. The van der Waals surface area contributed by atoms with Crippen LogP contribution >= 0.6 is 0 Å². The van der Waals surface area contributed by atoms with Crippen molar-refractivity contribution in [3.05, 3.63) is 23.8 Å². The zero-order chi connectivity index (χ0) is 16.1. The molecular formula is C17H28O4. The largest absolute Gasteiger partial charge is 0.333 e. The van der Waals surface area contributed by atoms with E-state index in [0.717, 1.165) is 18.4 Å². The third-order valence-corrected chi connectivity index (χ3v) is 2.34. The molecule has 0 aliphatic rings. The second-order valence-electron chi connectivity index (χ2n) is 7.05. The summed E-state index contributed by atoms with van der Waals surface area (Å²) in [4.78, 5) is 21.8. The fraction of sp³-hybridized carbons (Fsp3) is 0.647. The Morgan fingerprint density at radius 3 is 1.95 bits per heavy atom. The summed E-state index contributed by atoms with van der Waals surface area (Å²) in [5, 5.41) is 0. The van der Waals surface area contributed by atoms with Crippen LogP contribution in [0.5, 0.6) is 11.5 Å². The molecule has 0 saturated heterocycles. The topological polar surface area (TPSA) is 36.9 Å². The van der Waals surface area contributed by atoms with Crippen LogP contribution < -0.4 is 9.78 Å². The van der Waals surface area contributed by atoms with E-state index in [1.807, 2.05) is 59.7 Å². The van der Waals surface area contributed by atoms with Gasteiger partial charge < -0.3 is 9.78 Å². The third kappa shape index (κ3) is 6.82. The van der Waals surface area contributed by atoms with Crippen LogP contribution in [0.2, 0.25) is 0 Å². The number of rotatable bonds is 6. The van der Waals surface area contributed by atoms with Gasteiger partial charge in [0.25, 0.3) is 0 Å². The summed E-state index contributed by atoms with van der Waals surface area (Å²) in [6.45, 7) is 13.7. The summed E-state index contributed by atoms with van der Waals surface area (Å²) in [6.07, 6.45) is 1.89. The van der Waals surface area contributed by atoms with Crippen molar-refractivity contribution in [1.29, 1.82) is 0 Å². The van der Waals surface area contributed by atoms with E-state index >= 15 is 0 Å². The second-order valence-corrected chi connectivity index (χ2v) is 7.05. The Hall–Kier alpha value is -1.26. The summed E-state index contributed by atoms with van der Waals surface area (Å²) < 4.78 is 0. The van der Waals surface area contributed by atoms with Crippen LogP contribution in [0.4, 0.5) is 0 Å². The van der Waals surface area contributed by atoms with Crippen LogP contribution in [0.15, 0.2) is 18.2 Å². The lowest BCUT2D eigenvalue weighted by molar-refractivity contribution is -0.292. The lowest BCUT2D eigenvalue weighted by atomic mass is 10.1. The molecule has 0 unspecified atom stereocenters. The quantitative estimate of drug-likeness (QED) is 0.555. The fourth-order valence-corrected chi connectivity index (χ4v) is 1.52. The highest BCUT2D eigenvalue weighted by atomic mass is 17.2. The average Bonchev–Trinajstić information content (AvgIpc) is 2.33. The first-order chi connectivity index (χ1) is 9.62. The van der Waals surface area contributed by atoms with Crippen molar-refractivity contribution < 1.29 is 19.6 Å². The molecule has 0 spiro atoms. The minimum Gasteiger partial charge on any atom is -0.333 e. The molecule has 0 radical (unpaired) electrons. The summed E-state index contributed by atoms with van der Waals surface area (Å²) in [7, 11) is 0. The summed E-state index contributed by atoms with van der Waals surface area (Å²) in [5.74, 6) is 1.11. The lowest BCUT2D eigenvalue weighted by Gasteiger charge is -2.22. The predicted octanol–water partition coefficient (Wildman–Crippen LogP) is 4.86. The predicted molar refractivity (Wildman–Crippen MR) is 83.4 cm³/mol. The molecule has 0 N–H and O–H groups in total. The van der Waals surface area contributed by atoms with E-state index in [1.54, 1.807) is 0 Å². The van der Waals surface area contributed by atoms with Crippen molar-refractivity contribution >= 4 is 0 Å². The van der Waals surface area contributed by atoms with Gasteiger partial charge in [0.15, 0.2) is 0 Å². The van der Waals surface area contributed by atoms with Crippen LogP contribution in [0.1, 0.15) is 60.5 Å². The first kappa shape index (κ1) is 17.8. The number of aryl methyl sites for hydroxylation is 1. The molecule has 4 nitrogen and oxygen atoms in total. The first-order valence-corrected chi connectivity index (χ1v) is 7.45. The SMILES string of the molecule is CCCc1cccc(OOC(C)(C)C)c1OOC(C)(C)C. The molecule has 120 valence electrons. The van der Waals surface area contributed by atoms with Crippen LogP contribution in [-0.4, -0.2) is 11.2 Å². The van der Waals surface area contributed by atoms with Gasteiger partial charge >= 0.3 is 0 Å². The minimum atomic E-state index is -0.401. The van der Waals surface area contributed by atoms with Crippen LogP contribution in [0.3, 0.4) is 0 Å². The first-order valence-electron chi connectivity index (χ1n) is 7.45. The molecule has 0 heterocycles. The molecule has 0 aliphatic heterocycles. The van der Waals surface area contributed by atoms with Crippen molar-refractivity contribution in [3.63, 3.8) is 0 Å². The van der Waals surface area contributed by atoms with E-state index < -0.39 is 11.2 Å². The minimum absolute atomic E-state index is 0.400. The van der Waals surface area contributed by atoms with Gasteiger partial charge in [0.2, 0.25) is 11.5 Å². The number of para-hydroxylation sites is 1. The van der Waals surface area contributed by atoms with Gasteiger partial charge in [-0.25, -0.2) is 0 Å². The van der Waals surface area contributed by atoms with Gasteiger partial charge in [0.05, 0.1) is 0 Å². The highest BCUT2D eigenvalue weighted by molar-refractivity contribution is 5.46. The Kier molecular flexibility index (Phi) is 6.05. The highest BCUT2D eigenvalue weighted by Crippen LogP contribution is 2.34. The Morgan fingerprint density at radius 1 is 0.857 bits per heavy atom. The van der Waals surface area contributed by atoms with Crippen LogP contribution in [0, 0.1) is 0 Å². The number of hydrogen-bond donors (Lipinski definition) is 0. The van der Waals surface area contributed by atoms with Crippen molar-refractivity contribution in [3.8, 4) is 11.5 Å². The van der Waals surface area contributed by atoms with E-state index in [4.69, 9.17) is 19.6 Å². The molecular weight excluding hydrogens is 268 g/mol. The molecule has 0 amide bonds. The van der Waals surface area contributed by atoms with E-state index in [0.29, 0.717) is 11.5 Å². The number of hydrogen-bond acceptors (Lipinski definition) is 4. The van der Waals surface area contributed by atoms with Gasteiger partial charge in [-0.3, -0.25) is 0 Å². The van der Waals surface area contributed by atoms with Crippen LogP contribution in [-0.2, 0) is 16.2 Å². The fourth-order valence-electron chi connectivity index (χ4n) is 1.52. The van der Waals surface area contributed by atoms with E-state index in [1.165, 1.54) is 0 Å². The molecule has 0 saturated carbocycles. The maximum Gasteiger partial charge on any atom is 0.214 e. The van der Waals surface area contributed by atoms with Gasteiger partial charge in [-0.05, 0) is 54.0 Å². The molecule has 1 rings (SSSR count). The standard InChI is InChI=1S/C17H28O4/c1-8-10-13-11-9-12-14(18-20-16(2,3)4)15(13)19-21-17(5,6)7/h9,11-12H,8,10H2,1-7H3. The lowest BCUT2D eigenvalue weighted by Crippen LogP contribution is -2.23. The molecule has 0 atom stereocenters. The number of benzene rings is 1. The monoisotopic (exact) mass is 296 g/mol. The zero-order valence-electron chi connectivity index (χ0n) is 14.3. The molecule has 0 fully saturated rings. The van der Waals surface area contributed by atoms with Crippen molar-refractivity contribution in [2.24, 2.45) is 0 Å². The summed E-state index contributed by atoms with van der Waals surface area (Å²) >= 11 is 0. The maximum absolute atomic E-state index is 5.55. The van der Waals surface area contributed by atoms with Gasteiger partial charge in [-0.1, -0.05) is 25.5 Å². The smallest absolute Gasteiger partial charge is 0.214 e. The Labute approximate surface area is 128 Å². The highest BCUT2D eigenvalue weighted by Gasteiger charge is 2.20. The van der Waals surface area contributed by atoms with Gasteiger partial charge in [-0.2, -0.15) is 9.78 Å². The Morgan fingerprint density at radius 2 is 1.43 bits per heavy atom. The summed E-state index contributed by atoms with van der Waals surface area (Å²) in [5.41, 5.74) is 0.237. The maximum atomic E-state index is 5.55. The molecule has 1 aromatic rings. The molecule has 0 aromatic heterocycles. The van der Waals surface area contributed by atoms with Crippen LogP contribution in [0.25, 0.3) is 0 Å². The van der Waals surface area contributed by atoms with E-state index in [2.05, 4.69) is 6.92 Å². The summed E-state index contributed by atoms with van der Waals surface area (Å²) in [6, 6.07) is 5.75. The molecule has 21 heavy (non-hydrogen) atoms. The normalized spacial score (nSPS) is 12.3. The molecule has 0 bridgehead atoms. The molecule has 1 aromatic carbocycles. The van der Waals surface area contributed by atoms with Gasteiger partial charge in [0.1, 0.15) is 11.2 Å². The van der Waals surface area contributed by atoms with Crippen molar-refractivity contribution in [2.75, 3.05) is 0 Å². The molecule has 0 aliphatic carbocycles. The third-order valence-electron chi connectivity index (χ3n) is 2.34. The average molecular weight is 296 g/mol. The van der Waals surface area contributed by atoms with Crippen molar-refractivity contribution in [1.82, 2.24) is 0 Å². The van der Waals surface area contributed by atoms with E-state index in [-0.39, 0.29) is 0 Å². The Bertz CT molecular complexity index is 441. The van der Waals surface area contributed by atoms with Gasteiger partial charge in [-0.15, -0.1) is 0 Å². The van der Waals surface area contributed by atoms with E-state index in [9.17, 15) is 0 Å². The Balaban J connectivity index is 2.96. The van der Waals surface area contributed by atoms with Gasteiger partial charge in [0, 0.05) is 5.56 Å².